The van der Waals surface area contributed by atoms with E-state index in [4.69, 9.17) is 5.73 Å². The fraction of sp³-hybridized carbons (Fsp3) is 0.652. The number of amides is 2. The molecule has 1 unspecified atom stereocenters. The molecule has 8 heteroatoms. The Morgan fingerprint density at radius 3 is 2.68 bits per heavy atom. The van der Waals surface area contributed by atoms with Crippen molar-refractivity contribution in [2.24, 2.45) is 17.6 Å². The van der Waals surface area contributed by atoms with Crippen molar-refractivity contribution in [1.82, 2.24) is 19.7 Å². The number of primary amides is 1. The number of nitrogens with two attached hydrogens (primary N) is 1. The summed E-state index contributed by atoms with van der Waals surface area (Å²) in [7, 11) is 0. The van der Waals surface area contributed by atoms with Crippen LogP contribution < -0.4 is 11.1 Å². The number of likely N-dealkylation sites (tertiary alicyclic amines) is 1. The van der Waals surface area contributed by atoms with Gasteiger partial charge in [0.1, 0.15) is 0 Å². The number of hydrogen-bond acceptors (Lipinski definition) is 5. The average molecular weight is 427 g/mol. The molecule has 2 aromatic heterocycles. The zero-order valence-corrected chi connectivity index (χ0v) is 18.6. The highest BCUT2D eigenvalue weighted by Crippen LogP contribution is 2.33. The molecule has 1 saturated carbocycles. The van der Waals surface area contributed by atoms with Crippen LogP contribution in [0.2, 0.25) is 0 Å². The SMILES string of the molecule is CCn1ncc2c(N[C@H](C)C3CCCCC3)c(C(=O)N3CCCC(C(N)=O)C3)cnc21. The number of carbonyl (C=O) groups excluding carboxylic acids is 2. The summed E-state index contributed by atoms with van der Waals surface area (Å²) in [5, 5.41) is 9.03. The van der Waals surface area contributed by atoms with Crippen LogP contribution in [-0.4, -0.2) is 50.6 Å². The third kappa shape index (κ3) is 4.38. The summed E-state index contributed by atoms with van der Waals surface area (Å²) in [5.41, 5.74) is 7.68. The highest BCUT2D eigenvalue weighted by molar-refractivity contribution is 6.06. The van der Waals surface area contributed by atoms with Gasteiger partial charge >= 0.3 is 0 Å². The fourth-order valence-electron chi connectivity index (χ4n) is 5.12. The lowest BCUT2D eigenvalue weighted by Crippen LogP contribution is -2.44. The molecule has 3 N–H and O–H groups in total. The van der Waals surface area contributed by atoms with Crippen molar-refractivity contribution >= 4 is 28.5 Å². The van der Waals surface area contributed by atoms with E-state index in [-0.39, 0.29) is 23.8 Å². The monoisotopic (exact) mass is 426 g/mol. The van der Waals surface area contributed by atoms with Crippen LogP contribution in [-0.2, 0) is 11.3 Å². The zero-order valence-electron chi connectivity index (χ0n) is 18.6. The maximum atomic E-state index is 13.5. The van der Waals surface area contributed by atoms with Gasteiger partial charge in [-0.15, -0.1) is 0 Å². The summed E-state index contributed by atoms with van der Waals surface area (Å²) in [6.07, 6.45) is 11.3. The number of carbonyl (C=O) groups is 2. The van der Waals surface area contributed by atoms with Gasteiger partial charge in [-0.2, -0.15) is 5.10 Å². The number of hydrogen-bond donors (Lipinski definition) is 2. The molecule has 2 aliphatic rings. The van der Waals surface area contributed by atoms with Crippen molar-refractivity contribution in [2.45, 2.75) is 71.4 Å². The highest BCUT2D eigenvalue weighted by atomic mass is 16.2. The topological polar surface area (TPSA) is 106 Å². The largest absolute Gasteiger partial charge is 0.381 e. The van der Waals surface area contributed by atoms with Crippen LogP contribution in [0.3, 0.4) is 0 Å². The number of fused-ring (bicyclic) bond motifs is 1. The molecule has 0 spiro atoms. The minimum Gasteiger partial charge on any atom is -0.381 e. The predicted molar refractivity (Wildman–Crippen MR) is 121 cm³/mol. The lowest BCUT2D eigenvalue weighted by Gasteiger charge is -2.33. The van der Waals surface area contributed by atoms with Crippen LogP contribution in [0.4, 0.5) is 5.69 Å². The van der Waals surface area contributed by atoms with Crippen LogP contribution in [0.1, 0.15) is 69.2 Å². The van der Waals surface area contributed by atoms with Gasteiger partial charge in [-0.1, -0.05) is 19.3 Å². The summed E-state index contributed by atoms with van der Waals surface area (Å²) in [6.45, 7) is 5.96. The van der Waals surface area contributed by atoms with E-state index in [0.717, 1.165) is 29.6 Å². The first-order chi connectivity index (χ1) is 15.0. The molecule has 2 aromatic rings. The van der Waals surface area contributed by atoms with Gasteiger partial charge in [-0.3, -0.25) is 9.59 Å². The Bertz CT molecular complexity index is 949. The first-order valence-corrected chi connectivity index (χ1v) is 11.7. The Hall–Kier alpha value is -2.64. The van der Waals surface area contributed by atoms with E-state index in [1.807, 2.05) is 11.6 Å². The summed E-state index contributed by atoms with van der Waals surface area (Å²) in [4.78, 5) is 31.6. The van der Waals surface area contributed by atoms with Gasteiger partial charge in [0.25, 0.3) is 5.91 Å². The second-order valence-corrected chi connectivity index (χ2v) is 9.07. The molecule has 1 saturated heterocycles. The van der Waals surface area contributed by atoms with Crippen LogP contribution >= 0.6 is 0 Å². The molecule has 0 aromatic carbocycles. The summed E-state index contributed by atoms with van der Waals surface area (Å²) >= 11 is 0. The van der Waals surface area contributed by atoms with Gasteiger partial charge < -0.3 is 16.0 Å². The van der Waals surface area contributed by atoms with Gasteiger partial charge in [0.15, 0.2) is 5.65 Å². The maximum Gasteiger partial charge on any atom is 0.257 e. The first kappa shape index (κ1) is 21.6. The fourth-order valence-corrected chi connectivity index (χ4v) is 5.12. The van der Waals surface area contributed by atoms with Gasteiger partial charge in [-0.05, 0) is 45.4 Å². The number of rotatable bonds is 6. The Balaban J connectivity index is 1.67. The second-order valence-electron chi connectivity index (χ2n) is 9.07. The zero-order chi connectivity index (χ0) is 22.0. The van der Waals surface area contributed by atoms with Crippen LogP contribution in [0.25, 0.3) is 11.0 Å². The Kier molecular flexibility index (Phi) is 6.43. The standard InChI is InChI=1S/C23H34N6O2/c1-3-29-22-18(13-26-29)20(27-15(2)16-8-5-4-6-9-16)19(12-25-22)23(31)28-11-7-10-17(14-28)21(24)30/h12-13,15-17H,3-11,14H2,1-2H3,(H2,24,30)(H,25,27)/t15-,17?/m1/s1. The van der Waals surface area contributed by atoms with Crippen molar-refractivity contribution in [3.05, 3.63) is 18.0 Å². The lowest BCUT2D eigenvalue weighted by molar-refractivity contribution is -0.123. The number of aromatic nitrogens is 3. The Labute approximate surface area is 183 Å². The highest BCUT2D eigenvalue weighted by Gasteiger charge is 2.30. The van der Waals surface area contributed by atoms with Crippen molar-refractivity contribution in [1.29, 1.82) is 0 Å². The molecule has 2 fully saturated rings. The second kappa shape index (κ2) is 9.24. The average Bonchev–Trinajstić information content (AvgIpc) is 3.23. The normalized spacial score (nSPS) is 21.2. The molecule has 2 amide bonds. The predicted octanol–water partition coefficient (Wildman–Crippen LogP) is 3.17. The number of aryl methyl sites for hydroxylation is 1. The van der Waals surface area contributed by atoms with Crippen LogP contribution in [0, 0.1) is 11.8 Å². The number of pyridine rings is 1. The van der Waals surface area contributed by atoms with Crippen molar-refractivity contribution in [2.75, 3.05) is 18.4 Å². The van der Waals surface area contributed by atoms with Crippen molar-refractivity contribution < 1.29 is 9.59 Å². The van der Waals surface area contributed by atoms with Crippen molar-refractivity contribution in [3.8, 4) is 0 Å². The van der Waals surface area contributed by atoms with E-state index in [1.54, 1.807) is 17.3 Å². The Morgan fingerprint density at radius 2 is 1.97 bits per heavy atom. The van der Waals surface area contributed by atoms with E-state index in [0.29, 0.717) is 31.1 Å². The van der Waals surface area contributed by atoms with E-state index >= 15 is 0 Å². The number of anilines is 1. The van der Waals surface area contributed by atoms with Crippen molar-refractivity contribution in [3.63, 3.8) is 0 Å². The van der Waals surface area contributed by atoms with E-state index < -0.39 is 0 Å². The summed E-state index contributed by atoms with van der Waals surface area (Å²) in [6, 6.07) is 0.252. The molecule has 2 atom stereocenters. The quantitative estimate of drug-likeness (QED) is 0.738. The molecule has 0 radical (unpaired) electrons. The molecule has 31 heavy (non-hydrogen) atoms. The summed E-state index contributed by atoms with van der Waals surface area (Å²) in [5.74, 6) is -0.118. The number of piperidine rings is 1. The summed E-state index contributed by atoms with van der Waals surface area (Å²) < 4.78 is 1.85. The minimum atomic E-state index is -0.334. The van der Waals surface area contributed by atoms with Gasteiger partial charge in [0, 0.05) is 31.9 Å². The molecule has 8 nitrogen and oxygen atoms in total. The molecule has 1 aliphatic heterocycles. The molecule has 1 aliphatic carbocycles. The third-order valence-corrected chi connectivity index (χ3v) is 7.04. The molecule has 168 valence electrons. The third-order valence-electron chi connectivity index (χ3n) is 7.04. The van der Waals surface area contributed by atoms with Gasteiger partial charge in [0.05, 0.1) is 28.8 Å². The Morgan fingerprint density at radius 1 is 1.19 bits per heavy atom. The van der Waals surface area contributed by atoms with E-state index in [2.05, 4.69) is 22.3 Å². The maximum absolute atomic E-state index is 13.5. The first-order valence-electron chi connectivity index (χ1n) is 11.7. The molecule has 3 heterocycles. The van der Waals surface area contributed by atoms with Crippen LogP contribution in [0.5, 0.6) is 0 Å². The molecule has 4 rings (SSSR count). The number of nitrogens with one attached hydrogen (secondary N) is 1. The molecular weight excluding hydrogens is 392 g/mol. The van der Waals surface area contributed by atoms with Gasteiger partial charge in [0.2, 0.25) is 5.91 Å². The van der Waals surface area contributed by atoms with Gasteiger partial charge in [-0.25, -0.2) is 9.67 Å². The lowest BCUT2D eigenvalue weighted by atomic mass is 9.84. The molecular formula is C23H34N6O2. The molecule has 0 bridgehead atoms. The minimum absolute atomic E-state index is 0.0945. The van der Waals surface area contributed by atoms with Crippen LogP contribution in [0.15, 0.2) is 12.4 Å². The van der Waals surface area contributed by atoms with E-state index in [9.17, 15) is 9.59 Å². The van der Waals surface area contributed by atoms with E-state index in [1.165, 1.54) is 32.1 Å². The number of nitrogens with zero attached hydrogens (tertiary/aromatic N) is 4. The smallest absolute Gasteiger partial charge is 0.257 e.